The summed E-state index contributed by atoms with van der Waals surface area (Å²) in [6.45, 7) is 6.82. The van der Waals surface area contributed by atoms with Crippen molar-refractivity contribution in [2.75, 3.05) is 0 Å². The van der Waals surface area contributed by atoms with E-state index >= 15 is 0 Å². The molecule has 20 heavy (non-hydrogen) atoms. The zero-order valence-corrected chi connectivity index (χ0v) is 13.1. The maximum Gasteiger partial charge on any atom is 0.270 e. The van der Waals surface area contributed by atoms with Crippen LogP contribution in [0.25, 0.3) is 11.3 Å². The van der Waals surface area contributed by atoms with E-state index in [1.54, 1.807) is 4.68 Å². The van der Waals surface area contributed by atoms with Crippen molar-refractivity contribution in [1.82, 2.24) is 9.78 Å². The Morgan fingerprint density at radius 3 is 2.60 bits per heavy atom. The first-order chi connectivity index (χ1) is 9.56. The smallest absolute Gasteiger partial charge is 0.267 e. The van der Waals surface area contributed by atoms with Crippen molar-refractivity contribution in [3.8, 4) is 11.3 Å². The Morgan fingerprint density at radius 2 is 2.00 bits per heavy atom. The lowest BCUT2D eigenvalue weighted by Crippen LogP contribution is -2.26. The molecule has 0 aliphatic carbocycles. The molecular formula is C16H20N2OS. The molecule has 0 fully saturated rings. The van der Waals surface area contributed by atoms with Gasteiger partial charge in [-0.15, -0.1) is 0 Å². The molecular weight excluding hydrogens is 268 g/mol. The average molecular weight is 288 g/mol. The van der Waals surface area contributed by atoms with Gasteiger partial charge in [-0.2, -0.15) is 17.7 Å². The number of aryl methyl sites for hydroxylation is 3. The number of aromatic nitrogens is 2. The van der Waals surface area contributed by atoms with Gasteiger partial charge in [-0.3, -0.25) is 4.79 Å². The number of nitrogens with zero attached hydrogens (tertiary/aromatic N) is 2. The van der Waals surface area contributed by atoms with Crippen molar-refractivity contribution in [2.45, 2.75) is 39.5 Å². The second kappa shape index (κ2) is 6.27. The predicted octanol–water partition coefficient (Wildman–Crippen LogP) is 3.37. The van der Waals surface area contributed by atoms with Crippen LogP contribution in [0.4, 0.5) is 0 Å². The second-order valence-electron chi connectivity index (χ2n) is 5.06. The molecule has 0 radical (unpaired) electrons. The Balaban J connectivity index is 2.61. The topological polar surface area (TPSA) is 34.9 Å². The lowest BCUT2D eigenvalue weighted by molar-refractivity contribution is 0.567. The third-order valence-electron chi connectivity index (χ3n) is 3.31. The van der Waals surface area contributed by atoms with Gasteiger partial charge in [0.15, 0.2) is 0 Å². The molecule has 106 valence electrons. The van der Waals surface area contributed by atoms with Gasteiger partial charge < -0.3 is 0 Å². The molecule has 0 amide bonds. The number of thiol groups is 1. The van der Waals surface area contributed by atoms with E-state index in [1.165, 1.54) is 11.1 Å². The van der Waals surface area contributed by atoms with Crippen LogP contribution in [0.1, 0.15) is 30.0 Å². The summed E-state index contributed by atoms with van der Waals surface area (Å²) < 4.78 is 1.56. The SMILES string of the molecule is CCCn1nc(-c2ccc(C)cc2C)cc(CS)c1=O. The van der Waals surface area contributed by atoms with E-state index in [0.29, 0.717) is 17.9 Å². The zero-order valence-electron chi connectivity index (χ0n) is 12.2. The van der Waals surface area contributed by atoms with Crippen LogP contribution in [0.2, 0.25) is 0 Å². The Bertz CT molecular complexity index is 677. The quantitative estimate of drug-likeness (QED) is 0.875. The number of hydrogen-bond acceptors (Lipinski definition) is 3. The van der Waals surface area contributed by atoms with Gasteiger partial charge in [0.2, 0.25) is 0 Å². The van der Waals surface area contributed by atoms with Crippen molar-refractivity contribution < 1.29 is 0 Å². The van der Waals surface area contributed by atoms with E-state index in [0.717, 1.165) is 17.7 Å². The van der Waals surface area contributed by atoms with Gasteiger partial charge in [-0.1, -0.05) is 30.7 Å². The summed E-state index contributed by atoms with van der Waals surface area (Å²) in [5.41, 5.74) is 4.98. The van der Waals surface area contributed by atoms with E-state index < -0.39 is 0 Å². The van der Waals surface area contributed by atoms with Gasteiger partial charge in [0.05, 0.1) is 5.69 Å². The number of rotatable bonds is 4. The van der Waals surface area contributed by atoms with Crippen LogP contribution in [0.15, 0.2) is 29.1 Å². The van der Waals surface area contributed by atoms with Gasteiger partial charge in [-0.05, 0) is 31.9 Å². The molecule has 0 N–H and O–H groups in total. The predicted molar refractivity (Wildman–Crippen MR) is 86.4 cm³/mol. The standard InChI is InChI=1S/C16H20N2OS/c1-4-7-18-16(19)13(10-20)9-15(17-18)14-6-5-11(2)8-12(14)3/h5-6,8-9,20H,4,7,10H2,1-3H3. The number of hydrogen-bond donors (Lipinski definition) is 1. The number of benzene rings is 1. The van der Waals surface area contributed by atoms with E-state index in [4.69, 9.17) is 0 Å². The molecule has 4 heteroatoms. The van der Waals surface area contributed by atoms with Crippen LogP contribution in [-0.2, 0) is 12.3 Å². The van der Waals surface area contributed by atoms with E-state index in [-0.39, 0.29) is 5.56 Å². The summed E-state index contributed by atoms with van der Waals surface area (Å²) in [5, 5.41) is 4.50. The summed E-state index contributed by atoms with van der Waals surface area (Å²) >= 11 is 4.26. The van der Waals surface area contributed by atoms with Gasteiger partial charge >= 0.3 is 0 Å². The summed E-state index contributed by atoms with van der Waals surface area (Å²) in [4.78, 5) is 12.2. The molecule has 3 nitrogen and oxygen atoms in total. The molecule has 1 aromatic carbocycles. The molecule has 2 aromatic rings. The van der Waals surface area contributed by atoms with Gasteiger partial charge in [0.1, 0.15) is 0 Å². The average Bonchev–Trinajstić information content (AvgIpc) is 2.41. The molecule has 0 aliphatic heterocycles. The molecule has 2 rings (SSSR count). The third kappa shape index (κ3) is 2.96. The van der Waals surface area contributed by atoms with Crippen LogP contribution in [0, 0.1) is 13.8 Å². The molecule has 1 heterocycles. The largest absolute Gasteiger partial charge is 0.270 e. The summed E-state index contributed by atoms with van der Waals surface area (Å²) in [6.07, 6.45) is 0.884. The fraction of sp³-hybridized carbons (Fsp3) is 0.375. The zero-order chi connectivity index (χ0) is 14.7. The Kier molecular flexibility index (Phi) is 4.65. The van der Waals surface area contributed by atoms with Crippen LogP contribution in [0.5, 0.6) is 0 Å². The molecule has 0 aliphatic rings. The molecule has 0 bridgehead atoms. The van der Waals surface area contributed by atoms with Crippen LogP contribution in [0.3, 0.4) is 0 Å². The Hall–Kier alpha value is -1.55. The second-order valence-corrected chi connectivity index (χ2v) is 5.38. The maximum absolute atomic E-state index is 12.2. The summed E-state index contributed by atoms with van der Waals surface area (Å²) in [7, 11) is 0. The fourth-order valence-corrected chi connectivity index (χ4v) is 2.53. The first kappa shape index (κ1) is 14.9. The third-order valence-corrected chi connectivity index (χ3v) is 3.65. The van der Waals surface area contributed by atoms with E-state index in [1.807, 2.05) is 13.0 Å². The first-order valence-electron chi connectivity index (χ1n) is 6.86. The van der Waals surface area contributed by atoms with Crippen molar-refractivity contribution in [1.29, 1.82) is 0 Å². The highest BCUT2D eigenvalue weighted by Gasteiger charge is 2.10. The molecule has 0 saturated heterocycles. The monoisotopic (exact) mass is 288 g/mol. The molecule has 0 spiro atoms. The molecule has 0 atom stereocenters. The van der Waals surface area contributed by atoms with Crippen LogP contribution >= 0.6 is 12.6 Å². The Labute approximate surface area is 125 Å². The minimum atomic E-state index is -0.0321. The highest BCUT2D eigenvalue weighted by atomic mass is 32.1. The highest BCUT2D eigenvalue weighted by molar-refractivity contribution is 7.79. The highest BCUT2D eigenvalue weighted by Crippen LogP contribution is 2.22. The van der Waals surface area contributed by atoms with Gasteiger partial charge in [0.25, 0.3) is 5.56 Å². The van der Waals surface area contributed by atoms with Crippen molar-refractivity contribution in [2.24, 2.45) is 0 Å². The van der Waals surface area contributed by atoms with Crippen molar-refractivity contribution in [3.63, 3.8) is 0 Å². The lowest BCUT2D eigenvalue weighted by Gasteiger charge is -2.11. The van der Waals surface area contributed by atoms with Crippen LogP contribution in [-0.4, -0.2) is 9.78 Å². The van der Waals surface area contributed by atoms with Crippen molar-refractivity contribution >= 4 is 12.6 Å². The summed E-state index contributed by atoms with van der Waals surface area (Å²) in [6, 6.07) is 8.13. The van der Waals surface area contributed by atoms with Gasteiger partial charge in [-0.25, -0.2) is 4.68 Å². The molecule has 0 saturated carbocycles. The van der Waals surface area contributed by atoms with Crippen LogP contribution < -0.4 is 5.56 Å². The molecule has 1 aromatic heterocycles. The first-order valence-corrected chi connectivity index (χ1v) is 7.49. The molecule has 0 unspecified atom stereocenters. The van der Waals surface area contributed by atoms with E-state index in [9.17, 15) is 4.79 Å². The van der Waals surface area contributed by atoms with Crippen molar-refractivity contribution in [3.05, 3.63) is 51.3 Å². The Morgan fingerprint density at radius 1 is 1.25 bits per heavy atom. The van der Waals surface area contributed by atoms with E-state index in [2.05, 4.69) is 49.8 Å². The minimum absolute atomic E-state index is 0.0321. The fourth-order valence-electron chi connectivity index (χ4n) is 2.31. The maximum atomic E-state index is 12.2. The van der Waals surface area contributed by atoms with Gasteiger partial charge in [0, 0.05) is 23.4 Å². The lowest BCUT2D eigenvalue weighted by atomic mass is 10.0. The summed E-state index contributed by atoms with van der Waals surface area (Å²) in [5.74, 6) is 0.434. The normalized spacial score (nSPS) is 10.8. The minimum Gasteiger partial charge on any atom is -0.267 e.